The average molecular weight is 386 g/mol. The lowest BCUT2D eigenvalue weighted by Gasteiger charge is -2.26. The molecule has 1 aromatic carbocycles. The molecule has 7 heteroatoms. The Kier molecular flexibility index (Phi) is 8.09. The molecular weight excluding hydrogens is 354 g/mol. The van der Waals surface area contributed by atoms with E-state index in [1.165, 1.54) is 0 Å². The Labute approximate surface area is 157 Å². The van der Waals surface area contributed by atoms with Gasteiger partial charge in [-0.15, -0.1) is 0 Å². The van der Waals surface area contributed by atoms with Gasteiger partial charge in [-0.05, 0) is 53.0 Å². The van der Waals surface area contributed by atoms with Crippen LogP contribution in [0.2, 0.25) is 0 Å². The molecular formula is C19H31NO5S. The molecule has 26 heavy (non-hydrogen) atoms. The summed E-state index contributed by atoms with van der Waals surface area (Å²) in [5.74, 6) is 0. The number of hydrogen-bond acceptors (Lipinski definition) is 5. The van der Waals surface area contributed by atoms with Gasteiger partial charge in [0.25, 0.3) is 10.1 Å². The van der Waals surface area contributed by atoms with Crippen molar-refractivity contribution < 1.29 is 22.1 Å². The fraction of sp³-hybridized carbons (Fsp3) is 0.632. The molecule has 0 aliphatic heterocycles. The lowest BCUT2D eigenvalue weighted by atomic mass is 10.0. The van der Waals surface area contributed by atoms with E-state index in [0.717, 1.165) is 0 Å². The number of ether oxygens (including phenoxy) is 1. The van der Waals surface area contributed by atoms with E-state index in [-0.39, 0.29) is 12.5 Å². The zero-order valence-electron chi connectivity index (χ0n) is 16.5. The van der Waals surface area contributed by atoms with Gasteiger partial charge in [0.05, 0.1) is 6.10 Å². The highest BCUT2D eigenvalue weighted by atomic mass is 32.2. The average Bonchev–Trinajstić information content (AvgIpc) is 2.48. The zero-order valence-corrected chi connectivity index (χ0v) is 17.3. The largest absolute Gasteiger partial charge is 0.444 e. The normalized spacial score (nSPS) is 14.7. The van der Waals surface area contributed by atoms with Crippen molar-refractivity contribution in [1.29, 1.82) is 0 Å². The van der Waals surface area contributed by atoms with Gasteiger partial charge in [0.2, 0.25) is 0 Å². The molecule has 0 spiro atoms. The molecule has 0 saturated carbocycles. The summed E-state index contributed by atoms with van der Waals surface area (Å²) >= 11 is 0. The maximum absolute atomic E-state index is 12.7. The first kappa shape index (κ1) is 22.4. The number of carbonyl (C=O) groups is 1. The van der Waals surface area contributed by atoms with E-state index in [0.29, 0.717) is 12.0 Å². The minimum atomic E-state index is -3.84. The Hall–Kier alpha value is -1.60. The maximum Gasteiger partial charge on any atom is 0.407 e. The molecule has 0 saturated heterocycles. The molecule has 6 nitrogen and oxygen atoms in total. The van der Waals surface area contributed by atoms with Crippen LogP contribution >= 0.6 is 0 Å². The Morgan fingerprint density at radius 2 is 1.73 bits per heavy atom. The van der Waals surface area contributed by atoms with Crippen LogP contribution in [-0.2, 0) is 19.0 Å². The van der Waals surface area contributed by atoms with Crippen molar-refractivity contribution in [2.45, 2.75) is 77.4 Å². The molecule has 2 atom stereocenters. The minimum Gasteiger partial charge on any atom is -0.444 e. The van der Waals surface area contributed by atoms with Crippen LogP contribution in [0.5, 0.6) is 0 Å². The van der Waals surface area contributed by atoms with Gasteiger partial charge in [-0.3, -0.25) is 4.18 Å². The van der Waals surface area contributed by atoms with E-state index in [1.807, 2.05) is 13.0 Å². The van der Waals surface area contributed by atoms with Gasteiger partial charge in [0.15, 0.2) is 0 Å². The first-order valence-electron chi connectivity index (χ1n) is 8.91. The molecule has 1 rings (SSSR count). The SMILES string of the molecule is CC[C@@H](C[C@H](c1ccccc1)S(=O)(=O)OC(C)C)NC(=O)OC(C)(C)C. The fourth-order valence-electron chi connectivity index (χ4n) is 2.48. The molecule has 0 aromatic heterocycles. The third-order valence-electron chi connectivity index (χ3n) is 3.56. The molecule has 1 N–H and O–H groups in total. The van der Waals surface area contributed by atoms with E-state index in [1.54, 1.807) is 58.9 Å². The highest BCUT2D eigenvalue weighted by Gasteiger charge is 2.32. The Bertz CT molecular complexity index is 665. The Morgan fingerprint density at radius 1 is 1.15 bits per heavy atom. The molecule has 0 heterocycles. The number of rotatable bonds is 8. The minimum absolute atomic E-state index is 0.203. The van der Waals surface area contributed by atoms with Crippen LogP contribution in [-0.4, -0.2) is 32.3 Å². The van der Waals surface area contributed by atoms with Gasteiger partial charge in [-0.25, -0.2) is 4.79 Å². The fourth-order valence-corrected chi connectivity index (χ4v) is 4.11. The van der Waals surface area contributed by atoms with Crippen molar-refractivity contribution in [3.8, 4) is 0 Å². The molecule has 0 aliphatic carbocycles. The summed E-state index contributed by atoms with van der Waals surface area (Å²) in [6.07, 6.45) is -0.238. The number of amides is 1. The second-order valence-electron chi connectivity index (χ2n) is 7.52. The smallest absolute Gasteiger partial charge is 0.407 e. The van der Waals surface area contributed by atoms with Crippen molar-refractivity contribution >= 4 is 16.2 Å². The molecule has 1 amide bonds. The van der Waals surface area contributed by atoms with Crippen molar-refractivity contribution in [2.24, 2.45) is 0 Å². The van der Waals surface area contributed by atoms with Gasteiger partial charge in [0.1, 0.15) is 10.9 Å². The molecule has 0 radical (unpaired) electrons. The van der Waals surface area contributed by atoms with E-state index in [9.17, 15) is 13.2 Å². The van der Waals surface area contributed by atoms with E-state index in [2.05, 4.69) is 5.32 Å². The van der Waals surface area contributed by atoms with Crippen LogP contribution in [0.1, 0.15) is 65.2 Å². The van der Waals surface area contributed by atoms with Crippen molar-refractivity contribution in [3.05, 3.63) is 35.9 Å². The molecule has 0 bridgehead atoms. The Balaban J connectivity index is 3.02. The third-order valence-corrected chi connectivity index (χ3v) is 5.37. The molecule has 1 aromatic rings. The standard InChI is InChI=1S/C19H31NO5S/c1-7-16(20-18(21)24-19(4,5)6)13-17(15-11-9-8-10-12-15)26(22,23)25-14(2)3/h8-12,14,16-17H,7,13H2,1-6H3,(H,20,21)/t16-,17+/m0/s1. The third kappa shape index (κ3) is 7.74. The van der Waals surface area contributed by atoms with Crippen molar-refractivity contribution in [3.63, 3.8) is 0 Å². The first-order chi connectivity index (χ1) is 11.9. The summed E-state index contributed by atoms with van der Waals surface area (Å²) in [5.41, 5.74) is 0.0196. The summed E-state index contributed by atoms with van der Waals surface area (Å²) in [6.45, 7) is 10.6. The number of carbonyl (C=O) groups excluding carboxylic acids is 1. The van der Waals surface area contributed by atoms with Gasteiger partial charge in [-0.1, -0.05) is 37.3 Å². The number of hydrogen-bond donors (Lipinski definition) is 1. The topological polar surface area (TPSA) is 81.7 Å². The van der Waals surface area contributed by atoms with Crippen LogP contribution in [0.15, 0.2) is 30.3 Å². The monoisotopic (exact) mass is 385 g/mol. The summed E-state index contributed by atoms with van der Waals surface area (Å²) < 4.78 is 36.0. The van der Waals surface area contributed by atoms with E-state index >= 15 is 0 Å². The lowest BCUT2D eigenvalue weighted by Crippen LogP contribution is -2.40. The molecule has 0 fully saturated rings. The van der Waals surface area contributed by atoms with Crippen LogP contribution in [0.25, 0.3) is 0 Å². The van der Waals surface area contributed by atoms with Crippen LogP contribution in [0.4, 0.5) is 4.79 Å². The van der Waals surface area contributed by atoms with Gasteiger partial charge in [-0.2, -0.15) is 8.42 Å². The van der Waals surface area contributed by atoms with Crippen LogP contribution in [0, 0.1) is 0 Å². The van der Waals surface area contributed by atoms with Crippen molar-refractivity contribution in [2.75, 3.05) is 0 Å². The lowest BCUT2D eigenvalue weighted by molar-refractivity contribution is 0.0499. The number of benzene rings is 1. The van der Waals surface area contributed by atoms with Gasteiger partial charge in [0, 0.05) is 6.04 Å². The van der Waals surface area contributed by atoms with E-state index < -0.39 is 33.2 Å². The molecule has 148 valence electrons. The summed E-state index contributed by atoms with van der Waals surface area (Å²) in [4.78, 5) is 12.1. The second kappa shape index (κ2) is 9.37. The zero-order chi connectivity index (χ0) is 20.0. The van der Waals surface area contributed by atoms with Gasteiger partial charge >= 0.3 is 6.09 Å². The highest BCUT2D eigenvalue weighted by molar-refractivity contribution is 7.87. The quantitative estimate of drug-likeness (QED) is 0.679. The summed E-state index contributed by atoms with van der Waals surface area (Å²) in [6, 6.07) is 8.55. The predicted molar refractivity (Wildman–Crippen MR) is 102 cm³/mol. The first-order valence-corrected chi connectivity index (χ1v) is 10.4. The maximum atomic E-state index is 12.7. The van der Waals surface area contributed by atoms with Gasteiger partial charge < -0.3 is 10.1 Å². The van der Waals surface area contributed by atoms with E-state index in [4.69, 9.17) is 8.92 Å². The summed E-state index contributed by atoms with van der Waals surface area (Å²) in [5, 5.41) is 1.90. The number of nitrogens with one attached hydrogen (secondary N) is 1. The van der Waals surface area contributed by atoms with Crippen molar-refractivity contribution in [1.82, 2.24) is 5.32 Å². The molecule has 0 aliphatic rings. The summed E-state index contributed by atoms with van der Waals surface area (Å²) in [7, 11) is -3.84. The van der Waals surface area contributed by atoms with Crippen LogP contribution in [0.3, 0.4) is 0 Å². The molecule has 0 unspecified atom stereocenters. The number of alkyl carbamates (subject to hydrolysis) is 1. The second-order valence-corrected chi connectivity index (χ2v) is 9.27. The predicted octanol–water partition coefficient (Wildman–Crippen LogP) is 4.18. The highest BCUT2D eigenvalue weighted by Crippen LogP contribution is 2.30. The van der Waals surface area contributed by atoms with Crippen LogP contribution < -0.4 is 5.32 Å². The Morgan fingerprint density at radius 3 is 2.19 bits per heavy atom.